The van der Waals surface area contributed by atoms with E-state index < -0.39 is 32.9 Å². The summed E-state index contributed by atoms with van der Waals surface area (Å²) in [5.74, 6) is -0.215. The number of nitrogens with zero attached hydrogens (tertiary/aromatic N) is 2. The minimum atomic E-state index is -4.33. The van der Waals surface area contributed by atoms with Crippen LogP contribution in [0, 0.1) is 20.2 Å². The van der Waals surface area contributed by atoms with Gasteiger partial charge in [0.05, 0.1) is 12.2 Å². The summed E-state index contributed by atoms with van der Waals surface area (Å²) in [5, 5.41) is 23.0. The van der Waals surface area contributed by atoms with Gasteiger partial charge in [-0.1, -0.05) is 18.5 Å². The van der Waals surface area contributed by atoms with Crippen LogP contribution in [0.2, 0.25) is 0 Å². The molecule has 1 spiro atoms. The Bertz CT molecular complexity index is 564. The third kappa shape index (κ3) is 1.84. The molecule has 2 aliphatic rings. The lowest BCUT2D eigenvalue weighted by Crippen LogP contribution is -2.50. The molecule has 112 valence electrons. The minimum Gasteiger partial charge on any atom is -0.361 e. The van der Waals surface area contributed by atoms with Crippen LogP contribution in [0.3, 0.4) is 0 Å². The second-order valence-electron chi connectivity index (χ2n) is 4.90. The maximum Gasteiger partial charge on any atom is 0.273 e. The summed E-state index contributed by atoms with van der Waals surface area (Å²) in [6.45, 7) is 0. The van der Waals surface area contributed by atoms with Crippen LogP contribution >= 0.6 is 28.8 Å². The van der Waals surface area contributed by atoms with Crippen LogP contribution in [0.15, 0.2) is 23.0 Å². The van der Waals surface area contributed by atoms with E-state index in [9.17, 15) is 25.0 Å². The Balaban J connectivity index is 2.67. The molecule has 0 bridgehead atoms. The van der Waals surface area contributed by atoms with Gasteiger partial charge in [0.2, 0.25) is 6.04 Å². The first-order valence-electron chi connectivity index (χ1n) is 5.51. The van der Waals surface area contributed by atoms with E-state index in [1.54, 1.807) is 0 Å². The van der Waals surface area contributed by atoms with Crippen LogP contribution < -0.4 is 5.73 Å². The number of primary amides is 1. The molecule has 8 nitrogen and oxygen atoms in total. The standard InChI is InChI=1S/C9H13N3O5S3/c10-9(13)20(18,3-1-2-4-20)6-7(11(14)15)5-8(19-20)12(16)17/h1-4,7-8,18H,5-6H2,(H2,10,13). The molecule has 0 aromatic rings. The number of allylic oxidation sites excluding steroid dienone is 2. The monoisotopic (exact) mass is 339 g/mol. The van der Waals surface area contributed by atoms with Crippen LogP contribution in [0.4, 0.5) is 4.79 Å². The topological polar surface area (TPSA) is 129 Å². The van der Waals surface area contributed by atoms with Crippen LogP contribution in [0.1, 0.15) is 6.42 Å². The van der Waals surface area contributed by atoms with Gasteiger partial charge in [-0.2, -0.15) is 0 Å². The second-order valence-corrected chi connectivity index (χ2v) is 17.7. The number of nitrogens with two attached hydrogens (primary N) is 1. The van der Waals surface area contributed by atoms with Gasteiger partial charge in [-0.15, -0.1) is 11.7 Å². The molecule has 11 heteroatoms. The van der Waals surface area contributed by atoms with Crippen molar-refractivity contribution in [1.29, 1.82) is 0 Å². The van der Waals surface area contributed by atoms with Crippen molar-refractivity contribution in [2.45, 2.75) is 17.8 Å². The Morgan fingerprint density at radius 2 is 1.85 bits per heavy atom. The number of hydrogen-bond donors (Lipinski definition) is 2. The van der Waals surface area contributed by atoms with Crippen molar-refractivity contribution in [2.24, 2.45) is 5.73 Å². The van der Waals surface area contributed by atoms with E-state index in [0.29, 0.717) is 0 Å². The van der Waals surface area contributed by atoms with E-state index in [0.717, 1.165) is 10.8 Å². The summed E-state index contributed by atoms with van der Waals surface area (Å²) < 4.78 is 0. The zero-order valence-electron chi connectivity index (χ0n) is 10.2. The smallest absolute Gasteiger partial charge is 0.273 e. The fourth-order valence-corrected chi connectivity index (χ4v) is 12.6. The number of amides is 1. The Morgan fingerprint density at radius 3 is 2.25 bits per heavy atom. The van der Waals surface area contributed by atoms with Crippen LogP contribution in [0.25, 0.3) is 0 Å². The molecule has 1 fully saturated rings. The van der Waals surface area contributed by atoms with E-state index in [4.69, 9.17) is 5.73 Å². The SMILES string of the molecule is NC(=O)S12(S)(C=CC=C1)CC([N+](=O)[O-])CC([N+](=O)[O-])S2. The molecule has 0 aromatic carbocycles. The van der Waals surface area contributed by atoms with Gasteiger partial charge in [0, 0.05) is 9.85 Å². The van der Waals surface area contributed by atoms with Gasteiger partial charge in [0.25, 0.3) is 10.6 Å². The second kappa shape index (κ2) is 3.92. The van der Waals surface area contributed by atoms with E-state index in [2.05, 4.69) is 11.7 Å². The van der Waals surface area contributed by atoms with E-state index >= 15 is 0 Å². The largest absolute Gasteiger partial charge is 0.361 e. The number of hydrogen-bond acceptors (Lipinski definition) is 7. The number of rotatable bonds is 2. The highest BCUT2D eigenvalue weighted by molar-refractivity contribution is 9.45. The first-order valence-corrected chi connectivity index (χ1v) is 10.7. The molecule has 2 aliphatic heterocycles. The molecule has 2 N–H and O–H groups in total. The Kier molecular flexibility index (Phi) is 2.98. The van der Waals surface area contributed by atoms with Gasteiger partial charge in [0.1, 0.15) is 0 Å². The Morgan fingerprint density at radius 1 is 1.30 bits per heavy atom. The zero-order chi connectivity index (χ0) is 15.2. The third-order valence-electron chi connectivity index (χ3n) is 3.53. The first kappa shape index (κ1) is 15.2. The first-order chi connectivity index (χ1) is 9.06. The summed E-state index contributed by atoms with van der Waals surface area (Å²) in [5.41, 5.74) is 5.53. The molecular weight excluding hydrogens is 326 g/mol. The fraction of sp³-hybridized carbons (Fsp3) is 0.444. The quantitative estimate of drug-likeness (QED) is 0.343. The van der Waals surface area contributed by atoms with Gasteiger partial charge in [0.15, 0.2) is 0 Å². The highest BCUT2D eigenvalue weighted by Crippen LogP contribution is 3.05. The van der Waals surface area contributed by atoms with Crippen molar-refractivity contribution in [2.75, 3.05) is 5.75 Å². The van der Waals surface area contributed by atoms with Gasteiger partial charge in [-0.3, -0.25) is 25.0 Å². The maximum absolute atomic E-state index is 12.2. The molecule has 2 atom stereocenters. The minimum absolute atomic E-state index is 0.215. The van der Waals surface area contributed by atoms with E-state index in [1.165, 1.54) is 23.0 Å². The molecule has 0 aliphatic carbocycles. The molecule has 2 heterocycles. The molecule has 1 amide bonds. The summed E-state index contributed by atoms with van der Waals surface area (Å²) in [7, 11) is 0.759. The Labute approximate surface area is 121 Å². The van der Waals surface area contributed by atoms with E-state index in [1.807, 2.05) is 0 Å². The van der Waals surface area contributed by atoms with Crippen molar-refractivity contribution in [1.82, 2.24) is 0 Å². The molecule has 1 saturated heterocycles. The average Bonchev–Trinajstić information content (AvgIpc) is 2.69. The fourth-order valence-electron chi connectivity index (χ4n) is 2.43. The molecular formula is C9H13N3O5S3. The van der Waals surface area contributed by atoms with Crippen molar-refractivity contribution in [3.05, 3.63) is 43.2 Å². The van der Waals surface area contributed by atoms with Gasteiger partial charge < -0.3 is 5.73 Å². The molecule has 0 radical (unpaired) electrons. The van der Waals surface area contributed by atoms with Crippen molar-refractivity contribution < 1.29 is 14.6 Å². The number of carbonyl (C=O) groups is 1. The highest BCUT2D eigenvalue weighted by atomic mass is 33.6. The van der Waals surface area contributed by atoms with Crippen molar-refractivity contribution in [3.8, 4) is 0 Å². The number of thiol groups is 1. The van der Waals surface area contributed by atoms with Crippen LogP contribution in [0.5, 0.6) is 0 Å². The zero-order valence-corrected chi connectivity index (χ0v) is 12.7. The number of carbonyl (C=O) groups excluding carboxylic acids is 1. The van der Waals surface area contributed by atoms with Gasteiger partial charge in [-0.05, 0) is 21.6 Å². The predicted molar refractivity (Wildman–Crippen MR) is 83.1 cm³/mol. The van der Waals surface area contributed by atoms with E-state index in [-0.39, 0.29) is 12.2 Å². The Hall–Kier alpha value is -1.20. The molecule has 2 rings (SSSR count). The highest BCUT2D eigenvalue weighted by Gasteiger charge is 2.70. The van der Waals surface area contributed by atoms with Gasteiger partial charge >= 0.3 is 0 Å². The lowest BCUT2D eigenvalue weighted by molar-refractivity contribution is -0.543. The lowest BCUT2D eigenvalue weighted by atomic mass is 10.2. The lowest BCUT2D eigenvalue weighted by Gasteiger charge is -2.67. The normalized spacial score (nSPS) is 35.5. The molecule has 2 unspecified atom stereocenters. The third-order valence-corrected chi connectivity index (χ3v) is 15.1. The average molecular weight is 339 g/mol. The number of nitro groups is 2. The van der Waals surface area contributed by atoms with Crippen molar-refractivity contribution >= 4 is 34.1 Å². The predicted octanol–water partition coefficient (Wildman–Crippen LogP) is 2.13. The summed E-state index contributed by atoms with van der Waals surface area (Å²) in [6, 6.07) is -1.23. The summed E-state index contributed by atoms with van der Waals surface area (Å²) >= 11 is 4.52. The molecule has 20 heavy (non-hydrogen) atoms. The maximum atomic E-state index is 12.2. The van der Waals surface area contributed by atoms with Crippen LogP contribution in [-0.4, -0.2) is 32.3 Å². The summed E-state index contributed by atoms with van der Waals surface area (Å²) in [6.07, 6.45) is -1.55. The van der Waals surface area contributed by atoms with Crippen LogP contribution in [-0.2, 0) is 0 Å². The summed E-state index contributed by atoms with van der Waals surface area (Å²) in [4.78, 5) is 33.2. The molecule has 0 saturated carbocycles. The van der Waals surface area contributed by atoms with Crippen molar-refractivity contribution in [3.63, 3.8) is 0 Å². The molecule has 0 aromatic heterocycles. The van der Waals surface area contributed by atoms with Gasteiger partial charge in [-0.25, -0.2) is 0 Å².